The molecule has 9 nitrogen and oxygen atoms in total. The van der Waals surface area contributed by atoms with E-state index in [2.05, 4.69) is 25.4 Å². The fourth-order valence-electron chi connectivity index (χ4n) is 6.42. The van der Waals surface area contributed by atoms with Crippen LogP contribution in [0, 0.1) is 12.8 Å². The van der Waals surface area contributed by atoms with Gasteiger partial charge in [-0.05, 0) is 86.3 Å². The van der Waals surface area contributed by atoms with Crippen LogP contribution in [0.1, 0.15) is 45.2 Å². The Bertz CT molecular complexity index is 2080. The highest BCUT2D eigenvalue weighted by atomic mass is 16.5. The van der Waals surface area contributed by atoms with Crippen molar-refractivity contribution in [2.75, 3.05) is 7.11 Å². The van der Waals surface area contributed by atoms with Crippen LogP contribution in [0.25, 0.3) is 18.2 Å². The molecule has 5 heterocycles. The number of H-pyrrole nitrogens is 1. The van der Waals surface area contributed by atoms with E-state index in [9.17, 15) is 19.8 Å². The van der Waals surface area contributed by atoms with E-state index in [1.807, 2.05) is 39.0 Å². The summed E-state index contributed by atoms with van der Waals surface area (Å²) < 4.78 is 5.12. The first-order chi connectivity index (χ1) is 21.0. The molecule has 1 atom stereocenters. The predicted octanol–water partition coefficient (Wildman–Crippen LogP) is 4.62. The first-order valence-electron chi connectivity index (χ1n) is 14.3. The van der Waals surface area contributed by atoms with E-state index >= 15 is 0 Å². The zero-order chi connectivity index (χ0) is 31.6. The average molecular weight is 589 g/mol. The summed E-state index contributed by atoms with van der Waals surface area (Å²) in [5.41, 5.74) is 10.3. The largest absolute Gasteiger partial charge is 0.510 e. The van der Waals surface area contributed by atoms with E-state index in [0.29, 0.717) is 50.7 Å². The van der Waals surface area contributed by atoms with E-state index in [1.165, 1.54) is 13.2 Å². The van der Waals surface area contributed by atoms with Crippen molar-refractivity contribution in [3.63, 3.8) is 0 Å². The summed E-state index contributed by atoms with van der Waals surface area (Å²) >= 11 is 0. The fraction of sp³-hybridized carbons (Fsp3) is 0.229. The Morgan fingerprint density at radius 2 is 1.73 bits per heavy atom. The molecule has 9 heteroatoms. The molecular formula is C35H32N4O5. The van der Waals surface area contributed by atoms with Crippen LogP contribution in [-0.4, -0.2) is 51.4 Å². The van der Waals surface area contributed by atoms with Crippen LogP contribution in [0.2, 0.25) is 0 Å². The maximum atomic E-state index is 13.2. The standard InChI is InChI=1S/C35H32N4O5/c1-8-19-15(3)22-12-24-17(5)21(10-11-28(40)41)32(38-24)30-31(35(43)44-7)34(42)29-18(6)25(39-33(29)30)14-27-20(9-2)16(4)23(37-27)13-26(19)36-22/h8,10-14,31,36,42H,1,9H2,2-7H3,(H,40,41)/b11-10+,22-12?,26-13?,27-14?,32-30?/t31-/m1/s1. The lowest BCUT2D eigenvalue weighted by Gasteiger charge is -2.14. The highest BCUT2D eigenvalue weighted by Gasteiger charge is 2.47. The number of ether oxygens (including phenoxy) is 1. The third kappa shape index (κ3) is 4.18. The number of carbonyl (C=O) groups is 2. The normalized spacial score (nSPS) is 20.7. The van der Waals surface area contributed by atoms with Crippen molar-refractivity contribution in [2.45, 2.75) is 41.0 Å². The summed E-state index contributed by atoms with van der Waals surface area (Å²) in [6, 6.07) is 0. The third-order valence-corrected chi connectivity index (χ3v) is 8.81. The number of nitrogens with zero attached hydrogens (tertiary/aromatic N) is 3. The molecule has 1 aliphatic carbocycles. The number of hydrogen-bond donors (Lipinski definition) is 3. The van der Waals surface area contributed by atoms with Gasteiger partial charge in [0, 0.05) is 39.1 Å². The predicted molar refractivity (Wildman–Crippen MR) is 172 cm³/mol. The summed E-state index contributed by atoms with van der Waals surface area (Å²) in [5.74, 6) is -3.16. The van der Waals surface area contributed by atoms with E-state index in [0.717, 1.165) is 56.9 Å². The number of allylic oxidation sites excluding steroid dienone is 7. The maximum absolute atomic E-state index is 13.2. The number of nitrogens with one attached hydrogen (secondary N) is 1. The van der Waals surface area contributed by atoms with Gasteiger partial charge in [0.05, 0.1) is 41.3 Å². The number of fused-ring (bicyclic) bond motifs is 5. The lowest BCUT2D eigenvalue weighted by Crippen LogP contribution is -2.20. The molecule has 1 aromatic heterocycles. The van der Waals surface area contributed by atoms with Crippen LogP contribution in [0.4, 0.5) is 0 Å². The molecule has 0 unspecified atom stereocenters. The molecule has 1 aromatic rings. The van der Waals surface area contributed by atoms with Crippen LogP contribution in [-0.2, 0) is 14.3 Å². The summed E-state index contributed by atoms with van der Waals surface area (Å²) in [6.45, 7) is 13.9. The van der Waals surface area contributed by atoms with Crippen LogP contribution in [0.5, 0.6) is 0 Å². The van der Waals surface area contributed by atoms with Gasteiger partial charge >= 0.3 is 11.9 Å². The molecule has 0 radical (unpaired) electrons. The summed E-state index contributed by atoms with van der Waals surface area (Å²) in [4.78, 5) is 43.2. The van der Waals surface area contributed by atoms with Crippen LogP contribution < -0.4 is 10.7 Å². The molecule has 3 N–H and O–H groups in total. The van der Waals surface area contributed by atoms with Crippen molar-refractivity contribution in [1.29, 1.82) is 0 Å². The molecule has 0 saturated carbocycles. The third-order valence-electron chi connectivity index (χ3n) is 8.81. The van der Waals surface area contributed by atoms with Gasteiger partial charge in [0.2, 0.25) is 0 Å². The molecule has 0 amide bonds. The van der Waals surface area contributed by atoms with Gasteiger partial charge in [0.15, 0.2) is 0 Å². The second-order valence-electron chi connectivity index (χ2n) is 11.1. The maximum Gasteiger partial charge on any atom is 0.328 e. The van der Waals surface area contributed by atoms with Gasteiger partial charge in [0.25, 0.3) is 0 Å². The van der Waals surface area contributed by atoms with Gasteiger partial charge in [-0.15, -0.1) is 0 Å². The number of aromatic amines is 1. The fourth-order valence-corrected chi connectivity index (χ4v) is 6.42. The number of aliphatic imine (C=N–C) groups is 3. The zero-order valence-electron chi connectivity index (χ0n) is 25.4. The number of hydrogen-bond acceptors (Lipinski definition) is 7. The SMILES string of the molecule is C=Cc1c(C)c2[nH]c1=CC1=NC(=CC3=C(C)C4=C(O)[C@H](C(=O)OC)C(=C5N=C(C=2)C(C)=C5/C=C/C(=O)O)C4=N3)C(CC)=C1C. The van der Waals surface area contributed by atoms with Crippen molar-refractivity contribution < 1.29 is 24.5 Å². The van der Waals surface area contributed by atoms with Crippen molar-refractivity contribution in [2.24, 2.45) is 20.9 Å². The second kappa shape index (κ2) is 10.4. The first-order valence-corrected chi connectivity index (χ1v) is 14.3. The number of aliphatic hydroxyl groups excluding tert-OH is 1. The van der Waals surface area contributed by atoms with Gasteiger partial charge in [-0.25, -0.2) is 19.8 Å². The van der Waals surface area contributed by atoms with Gasteiger partial charge in [-0.1, -0.05) is 19.6 Å². The van der Waals surface area contributed by atoms with Gasteiger partial charge < -0.3 is 19.9 Å². The molecule has 0 aromatic carbocycles. The lowest BCUT2D eigenvalue weighted by atomic mass is 9.93. The minimum atomic E-state index is -1.18. The van der Waals surface area contributed by atoms with Gasteiger partial charge in [-0.2, -0.15) is 0 Å². The van der Waals surface area contributed by atoms with Crippen molar-refractivity contribution >= 4 is 47.3 Å². The van der Waals surface area contributed by atoms with Crippen LogP contribution >= 0.6 is 0 Å². The zero-order valence-corrected chi connectivity index (χ0v) is 25.4. The Morgan fingerprint density at radius 1 is 1.02 bits per heavy atom. The Hall–Kier alpha value is -5.31. The number of esters is 1. The highest BCUT2D eigenvalue weighted by molar-refractivity contribution is 6.28. The minimum Gasteiger partial charge on any atom is -0.510 e. The second-order valence-corrected chi connectivity index (χ2v) is 11.1. The summed E-state index contributed by atoms with van der Waals surface area (Å²) in [5, 5.41) is 22.7. The number of carboxylic acid groups (broad SMARTS) is 1. The Balaban J connectivity index is 1.77. The van der Waals surface area contributed by atoms with Crippen LogP contribution in [0.3, 0.4) is 0 Å². The van der Waals surface area contributed by atoms with Crippen molar-refractivity contribution in [3.05, 3.63) is 108 Å². The van der Waals surface area contributed by atoms with Crippen molar-refractivity contribution in [1.82, 2.24) is 4.98 Å². The number of rotatable bonds is 5. The lowest BCUT2D eigenvalue weighted by molar-refractivity contribution is -0.143. The molecule has 6 rings (SSSR count). The first kappa shape index (κ1) is 28.8. The Morgan fingerprint density at radius 3 is 2.39 bits per heavy atom. The number of carbonyl (C=O) groups excluding carboxylic acids is 1. The quantitative estimate of drug-likeness (QED) is 0.341. The molecule has 4 aliphatic heterocycles. The molecule has 5 aliphatic rings. The number of methoxy groups -OCH3 is 1. The highest BCUT2D eigenvalue weighted by Crippen LogP contribution is 2.47. The molecule has 0 saturated heterocycles. The Labute approximate surface area is 254 Å². The summed E-state index contributed by atoms with van der Waals surface area (Å²) in [7, 11) is 1.26. The van der Waals surface area contributed by atoms with Gasteiger partial charge in [-0.3, -0.25) is 4.79 Å². The minimum absolute atomic E-state index is 0.177. The monoisotopic (exact) mass is 588 g/mol. The molecule has 8 bridgehead atoms. The van der Waals surface area contributed by atoms with E-state index in [1.54, 1.807) is 6.08 Å². The molecule has 222 valence electrons. The van der Waals surface area contributed by atoms with E-state index in [-0.39, 0.29) is 5.76 Å². The molecule has 0 fully saturated rings. The Kier molecular flexibility index (Phi) is 6.84. The number of aliphatic carboxylic acids is 1. The number of aliphatic hydroxyl groups is 1. The average Bonchev–Trinajstić information content (AvgIpc) is 3.72. The van der Waals surface area contributed by atoms with E-state index in [4.69, 9.17) is 19.7 Å². The van der Waals surface area contributed by atoms with Gasteiger partial charge in [0.1, 0.15) is 11.7 Å². The number of aromatic nitrogens is 1. The van der Waals surface area contributed by atoms with Crippen molar-refractivity contribution in [3.8, 4) is 0 Å². The molecule has 0 spiro atoms. The molecular weight excluding hydrogens is 556 g/mol. The number of carboxylic acids is 1. The molecule has 44 heavy (non-hydrogen) atoms. The smallest absolute Gasteiger partial charge is 0.328 e. The van der Waals surface area contributed by atoms with E-state index < -0.39 is 17.9 Å². The van der Waals surface area contributed by atoms with Crippen LogP contribution in [0.15, 0.2) is 102 Å². The topological polar surface area (TPSA) is 137 Å². The summed E-state index contributed by atoms with van der Waals surface area (Å²) in [6.07, 6.45) is 10.9.